The summed E-state index contributed by atoms with van der Waals surface area (Å²) < 4.78 is 0. The standard InChI is InChI=1S/C20H24N2OS/c1-3-15-9-11-16(12-10-15)21-20(23)14-22-13-17(4-2)24-19-8-6-5-7-18(19)22/h5-12,17H,3-4,13-14H2,1-2H3,(H,21,23). The molecule has 24 heavy (non-hydrogen) atoms. The van der Waals surface area contributed by atoms with Crippen molar-refractivity contribution in [3.63, 3.8) is 0 Å². The van der Waals surface area contributed by atoms with Crippen LogP contribution in [0.5, 0.6) is 0 Å². The smallest absolute Gasteiger partial charge is 0.243 e. The zero-order valence-corrected chi connectivity index (χ0v) is 15.1. The molecule has 1 atom stereocenters. The minimum Gasteiger partial charge on any atom is -0.360 e. The van der Waals surface area contributed by atoms with Crippen molar-refractivity contribution < 1.29 is 4.79 Å². The SMILES string of the molecule is CCc1ccc(NC(=O)CN2CC(CC)Sc3ccccc32)cc1. The molecule has 0 fully saturated rings. The molecule has 1 N–H and O–H groups in total. The van der Waals surface area contributed by atoms with Crippen molar-refractivity contribution in [2.24, 2.45) is 0 Å². The van der Waals surface area contributed by atoms with E-state index >= 15 is 0 Å². The lowest BCUT2D eigenvalue weighted by molar-refractivity contribution is -0.115. The van der Waals surface area contributed by atoms with E-state index in [1.54, 1.807) is 0 Å². The molecule has 0 saturated carbocycles. The molecule has 1 aliphatic rings. The highest BCUT2D eigenvalue weighted by molar-refractivity contribution is 8.00. The topological polar surface area (TPSA) is 32.3 Å². The lowest BCUT2D eigenvalue weighted by Crippen LogP contribution is -2.40. The summed E-state index contributed by atoms with van der Waals surface area (Å²) in [6.45, 7) is 5.65. The molecule has 3 nitrogen and oxygen atoms in total. The summed E-state index contributed by atoms with van der Waals surface area (Å²) in [6, 6.07) is 16.5. The Morgan fingerprint density at radius 2 is 1.92 bits per heavy atom. The van der Waals surface area contributed by atoms with Crippen molar-refractivity contribution in [3.05, 3.63) is 54.1 Å². The molecule has 0 bridgehead atoms. The number of anilines is 2. The van der Waals surface area contributed by atoms with Crippen molar-refractivity contribution >= 4 is 29.0 Å². The Hall–Kier alpha value is -1.94. The Morgan fingerprint density at radius 1 is 1.17 bits per heavy atom. The highest BCUT2D eigenvalue weighted by Crippen LogP contribution is 2.39. The average Bonchev–Trinajstić information content (AvgIpc) is 2.62. The normalized spacial score (nSPS) is 16.6. The number of nitrogens with one attached hydrogen (secondary N) is 1. The van der Waals surface area contributed by atoms with Crippen LogP contribution in [0.4, 0.5) is 11.4 Å². The summed E-state index contributed by atoms with van der Waals surface area (Å²) >= 11 is 1.92. The van der Waals surface area contributed by atoms with Gasteiger partial charge in [-0.25, -0.2) is 0 Å². The first-order valence-corrected chi connectivity index (χ1v) is 9.47. The molecule has 0 aromatic heterocycles. The van der Waals surface area contributed by atoms with Crippen molar-refractivity contribution in [1.82, 2.24) is 0 Å². The van der Waals surface area contributed by atoms with Gasteiger partial charge in [-0.3, -0.25) is 4.79 Å². The predicted octanol–water partition coefficient (Wildman–Crippen LogP) is 4.58. The Labute approximate surface area is 148 Å². The van der Waals surface area contributed by atoms with E-state index in [4.69, 9.17) is 0 Å². The number of nitrogens with zero attached hydrogens (tertiary/aromatic N) is 1. The minimum absolute atomic E-state index is 0.0378. The van der Waals surface area contributed by atoms with Gasteiger partial charge in [0.25, 0.3) is 0 Å². The van der Waals surface area contributed by atoms with Gasteiger partial charge in [0.1, 0.15) is 0 Å². The molecular formula is C20H24N2OS. The van der Waals surface area contributed by atoms with Crippen LogP contribution in [0.2, 0.25) is 0 Å². The third kappa shape index (κ3) is 3.93. The Kier molecular flexibility index (Phi) is 5.46. The Morgan fingerprint density at radius 3 is 2.62 bits per heavy atom. The number of amides is 1. The summed E-state index contributed by atoms with van der Waals surface area (Å²) in [7, 11) is 0. The number of fused-ring (bicyclic) bond motifs is 1. The first kappa shape index (κ1) is 16.9. The molecule has 0 radical (unpaired) electrons. The molecule has 2 aromatic carbocycles. The van der Waals surface area contributed by atoms with Gasteiger partial charge >= 0.3 is 0 Å². The lowest BCUT2D eigenvalue weighted by atomic mass is 10.1. The third-order valence-corrected chi connectivity index (χ3v) is 5.77. The number of carbonyl (C=O) groups is 1. The van der Waals surface area contributed by atoms with Gasteiger partial charge in [-0.15, -0.1) is 11.8 Å². The van der Waals surface area contributed by atoms with E-state index in [0.717, 1.165) is 25.1 Å². The van der Waals surface area contributed by atoms with Gasteiger partial charge in [0, 0.05) is 22.4 Å². The van der Waals surface area contributed by atoms with Gasteiger partial charge in [-0.1, -0.05) is 38.1 Å². The van der Waals surface area contributed by atoms with Crippen LogP contribution >= 0.6 is 11.8 Å². The quantitative estimate of drug-likeness (QED) is 0.865. The summed E-state index contributed by atoms with van der Waals surface area (Å²) in [4.78, 5) is 16.0. The fourth-order valence-corrected chi connectivity index (χ4v) is 4.19. The molecule has 1 heterocycles. The zero-order chi connectivity index (χ0) is 16.9. The van der Waals surface area contributed by atoms with Crippen LogP contribution in [0.25, 0.3) is 0 Å². The molecule has 0 aliphatic carbocycles. The summed E-state index contributed by atoms with van der Waals surface area (Å²) in [6.07, 6.45) is 2.12. The number of hydrogen-bond acceptors (Lipinski definition) is 3. The second-order valence-electron chi connectivity index (χ2n) is 6.10. The van der Waals surface area contributed by atoms with E-state index in [1.165, 1.54) is 16.1 Å². The second kappa shape index (κ2) is 7.75. The van der Waals surface area contributed by atoms with Crippen LogP contribution in [-0.4, -0.2) is 24.2 Å². The van der Waals surface area contributed by atoms with E-state index in [-0.39, 0.29) is 5.91 Å². The van der Waals surface area contributed by atoms with Gasteiger partial charge in [-0.2, -0.15) is 0 Å². The third-order valence-electron chi connectivity index (χ3n) is 4.36. The molecule has 3 rings (SSSR count). The fraction of sp³-hybridized carbons (Fsp3) is 0.350. The highest BCUT2D eigenvalue weighted by atomic mass is 32.2. The fourth-order valence-electron chi connectivity index (χ4n) is 2.94. The molecular weight excluding hydrogens is 316 g/mol. The van der Waals surface area contributed by atoms with Gasteiger partial charge < -0.3 is 10.2 Å². The lowest BCUT2D eigenvalue weighted by Gasteiger charge is -2.34. The van der Waals surface area contributed by atoms with Crippen molar-refractivity contribution in [2.45, 2.75) is 36.8 Å². The van der Waals surface area contributed by atoms with Gasteiger partial charge in [0.2, 0.25) is 5.91 Å². The second-order valence-corrected chi connectivity index (χ2v) is 7.44. The summed E-state index contributed by atoms with van der Waals surface area (Å²) in [5.74, 6) is 0.0378. The highest BCUT2D eigenvalue weighted by Gasteiger charge is 2.25. The molecule has 0 saturated heterocycles. The van der Waals surface area contributed by atoms with E-state index < -0.39 is 0 Å². The molecule has 2 aromatic rings. The minimum atomic E-state index is 0.0378. The van der Waals surface area contributed by atoms with Crippen LogP contribution in [0.1, 0.15) is 25.8 Å². The van der Waals surface area contributed by atoms with Crippen LogP contribution in [-0.2, 0) is 11.2 Å². The van der Waals surface area contributed by atoms with Crippen LogP contribution < -0.4 is 10.2 Å². The van der Waals surface area contributed by atoms with E-state index in [9.17, 15) is 4.79 Å². The number of hydrogen-bond donors (Lipinski definition) is 1. The summed E-state index contributed by atoms with van der Waals surface area (Å²) in [5, 5.41) is 3.56. The van der Waals surface area contributed by atoms with Crippen molar-refractivity contribution in [3.8, 4) is 0 Å². The van der Waals surface area contributed by atoms with Crippen LogP contribution in [0.3, 0.4) is 0 Å². The largest absolute Gasteiger partial charge is 0.360 e. The first-order valence-electron chi connectivity index (χ1n) is 8.59. The predicted molar refractivity (Wildman–Crippen MR) is 103 cm³/mol. The van der Waals surface area contributed by atoms with Gasteiger partial charge in [0.05, 0.1) is 12.2 Å². The number of aryl methyl sites for hydroxylation is 1. The number of para-hydroxylation sites is 1. The zero-order valence-electron chi connectivity index (χ0n) is 14.3. The monoisotopic (exact) mass is 340 g/mol. The Bertz CT molecular complexity index is 699. The van der Waals surface area contributed by atoms with Crippen LogP contribution in [0.15, 0.2) is 53.4 Å². The Balaban J connectivity index is 1.69. The van der Waals surface area contributed by atoms with Gasteiger partial charge in [-0.05, 0) is 42.7 Å². The van der Waals surface area contributed by atoms with E-state index in [0.29, 0.717) is 11.8 Å². The molecule has 126 valence electrons. The molecule has 1 unspecified atom stereocenters. The van der Waals surface area contributed by atoms with Crippen molar-refractivity contribution in [1.29, 1.82) is 0 Å². The van der Waals surface area contributed by atoms with E-state index in [1.807, 2.05) is 30.0 Å². The van der Waals surface area contributed by atoms with Gasteiger partial charge in [0.15, 0.2) is 0 Å². The molecule has 1 amide bonds. The molecule has 0 spiro atoms. The number of carbonyl (C=O) groups excluding carboxylic acids is 1. The van der Waals surface area contributed by atoms with Crippen LogP contribution in [0, 0.1) is 0 Å². The summed E-state index contributed by atoms with van der Waals surface area (Å²) in [5.41, 5.74) is 3.31. The van der Waals surface area contributed by atoms with E-state index in [2.05, 4.69) is 54.4 Å². The number of thioether (sulfide) groups is 1. The first-order chi connectivity index (χ1) is 11.7. The molecule has 1 aliphatic heterocycles. The van der Waals surface area contributed by atoms with Crippen molar-refractivity contribution in [2.75, 3.05) is 23.3 Å². The maximum atomic E-state index is 12.5. The number of rotatable bonds is 5. The molecule has 4 heteroatoms. The maximum absolute atomic E-state index is 12.5. The maximum Gasteiger partial charge on any atom is 0.243 e. The number of benzene rings is 2. The average molecular weight is 340 g/mol.